The van der Waals surface area contributed by atoms with Crippen molar-refractivity contribution in [3.63, 3.8) is 0 Å². The number of aromatic nitrogens is 1. The normalized spacial score (nSPS) is 11.4. The van der Waals surface area contributed by atoms with Gasteiger partial charge >= 0.3 is 0 Å². The van der Waals surface area contributed by atoms with Gasteiger partial charge in [0, 0.05) is 12.3 Å². The fourth-order valence-electron chi connectivity index (χ4n) is 1.58. The van der Waals surface area contributed by atoms with Gasteiger partial charge in [-0.2, -0.15) is 0 Å². The Hall–Kier alpha value is -1.73. The van der Waals surface area contributed by atoms with E-state index in [0.717, 1.165) is 30.7 Å². The van der Waals surface area contributed by atoms with Crippen LogP contribution in [-0.4, -0.2) is 19.7 Å². The number of benzene rings is 1. The topological polar surface area (TPSA) is 56.3 Å². The first-order chi connectivity index (χ1) is 9.75. The largest absolute Gasteiger partial charge is 0.486 e. The Kier molecular flexibility index (Phi) is 4.43. The Morgan fingerprint density at radius 3 is 2.57 bits per heavy atom. The quantitative estimate of drug-likeness (QED) is 0.807. The summed E-state index contributed by atoms with van der Waals surface area (Å²) in [5, 5.41) is -0.0452. The van der Waals surface area contributed by atoms with E-state index in [1.165, 1.54) is 6.07 Å². The molecule has 1 aromatic carbocycles. The number of halogens is 3. The van der Waals surface area contributed by atoms with Crippen molar-refractivity contribution >= 4 is 21.4 Å². The van der Waals surface area contributed by atoms with Crippen molar-refractivity contribution in [2.45, 2.75) is 11.5 Å². The van der Waals surface area contributed by atoms with Gasteiger partial charge in [-0.15, -0.1) is 0 Å². The minimum absolute atomic E-state index is 0.0122. The van der Waals surface area contributed by atoms with Crippen molar-refractivity contribution in [3.05, 3.63) is 52.8 Å². The molecule has 0 aliphatic carbocycles. The molecule has 21 heavy (non-hydrogen) atoms. The molecule has 0 saturated carbocycles. The van der Waals surface area contributed by atoms with Gasteiger partial charge in [-0.3, -0.25) is 0 Å². The second-order valence-corrected chi connectivity index (χ2v) is 6.67. The van der Waals surface area contributed by atoms with Crippen LogP contribution < -0.4 is 4.74 Å². The lowest BCUT2D eigenvalue weighted by Gasteiger charge is -2.09. The second-order valence-electron chi connectivity index (χ2n) is 4.30. The molecule has 0 bridgehead atoms. The maximum atomic E-state index is 13.4. The van der Waals surface area contributed by atoms with Gasteiger partial charge in [-0.25, -0.2) is 22.2 Å². The van der Waals surface area contributed by atoms with Crippen molar-refractivity contribution in [2.75, 3.05) is 6.26 Å². The number of sulfone groups is 1. The molecule has 0 fully saturated rings. The van der Waals surface area contributed by atoms with E-state index in [0.29, 0.717) is 0 Å². The molecule has 0 unspecified atom stereocenters. The smallest absolute Gasteiger partial charge is 0.175 e. The summed E-state index contributed by atoms with van der Waals surface area (Å²) in [6.07, 6.45) is 1.90. The molecule has 0 spiro atoms. The van der Waals surface area contributed by atoms with Crippen LogP contribution in [0.3, 0.4) is 0 Å². The maximum Gasteiger partial charge on any atom is 0.175 e. The number of hydrogen-bond donors (Lipinski definition) is 0. The van der Waals surface area contributed by atoms with E-state index in [-0.39, 0.29) is 28.0 Å². The summed E-state index contributed by atoms with van der Waals surface area (Å²) >= 11 is 5.72. The average Bonchev–Trinajstić information content (AvgIpc) is 2.38. The molecule has 0 aliphatic heterocycles. The van der Waals surface area contributed by atoms with Gasteiger partial charge in [0.25, 0.3) is 0 Å². The molecule has 1 heterocycles. The lowest BCUT2D eigenvalue weighted by atomic mass is 10.2. The molecule has 4 nitrogen and oxygen atoms in total. The number of nitrogens with zero attached hydrogens (tertiary/aromatic N) is 1. The first-order valence-corrected chi connectivity index (χ1v) is 7.96. The highest BCUT2D eigenvalue weighted by Gasteiger charge is 2.12. The highest BCUT2D eigenvalue weighted by atomic mass is 35.5. The Balaban J connectivity index is 2.24. The van der Waals surface area contributed by atoms with Gasteiger partial charge in [0.1, 0.15) is 18.2 Å². The molecule has 0 amide bonds. The van der Waals surface area contributed by atoms with Crippen molar-refractivity contribution in [3.8, 4) is 5.75 Å². The van der Waals surface area contributed by atoms with Crippen LogP contribution in [0.4, 0.5) is 8.78 Å². The van der Waals surface area contributed by atoms with Gasteiger partial charge in [0.2, 0.25) is 0 Å². The molecule has 0 saturated heterocycles. The summed E-state index contributed by atoms with van der Waals surface area (Å²) in [4.78, 5) is 3.40. The highest BCUT2D eigenvalue weighted by Crippen LogP contribution is 2.24. The zero-order valence-corrected chi connectivity index (χ0v) is 12.4. The molecule has 0 radical (unpaired) electrons. The molecule has 112 valence electrons. The zero-order chi connectivity index (χ0) is 15.6. The predicted molar refractivity (Wildman–Crippen MR) is 73.0 cm³/mol. The second kappa shape index (κ2) is 5.95. The maximum absolute atomic E-state index is 13.4. The van der Waals surface area contributed by atoms with E-state index >= 15 is 0 Å². The van der Waals surface area contributed by atoms with Gasteiger partial charge in [-0.1, -0.05) is 11.6 Å². The van der Waals surface area contributed by atoms with Crippen LogP contribution in [0.15, 0.2) is 35.4 Å². The average molecular weight is 334 g/mol. The summed E-state index contributed by atoms with van der Waals surface area (Å²) in [7, 11) is -3.54. The lowest BCUT2D eigenvalue weighted by molar-refractivity contribution is 0.302. The van der Waals surface area contributed by atoms with Gasteiger partial charge in [0.15, 0.2) is 20.7 Å². The summed E-state index contributed by atoms with van der Waals surface area (Å²) < 4.78 is 54.5. The van der Waals surface area contributed by atoms with Gasteiger partial charge in [0.05, 0.1) is 11.1 Å². The zero-order valence-electron chi connectivity index (χ0n) is 10.8. The minimum atomic E-state index is -3.54. The Labute approximate surface area is 125 Å². The van der Waals surface area contributed by atoms with Crippen molar-refractivity contribution in [1.29, 1.82) is 0 Å². The van der Waals surface area contributed by atoms with Crippen LogP contribution >= 0.6 is 11.6 Å². The van der Waals surface area contributed by atoms with Gasteiger partial charge < -0.3 is 4.74 Å². The number of ether oxygens (including phenoxy) is 1. The van der Waals surface area contributed by atoms with Crippen molar-refractivity contribution < 1.29 is 21.9 Å². The van der Waals surface area contributed by atoms with Crippen molar-refractivity contribution in [2.24, 2.45) is 0 Å². The Bertz CT molecular complexity index is 781. The Morgan fingerprint density at radius 1 is 1.19 bits per heavy atom. The number of pyridine rings is 1. The predicted octanol–water partition coefficient (Wildman–Crippen LogP) is 3.00. The molecule has 1 aromatic heterocycles. The van der Waals surface area contributed by atoms with Crippen LogP contribution in [-0.2, 0) is 16.4 Å². The fourth-order valence-corrected chi connectivity index (χ4v) is 2.43. The van der Waals surface area contributed by atoms with Crippen LogP contribution in [0.1, 0.15) is 5.56 Å². The summed E-state index contributed by atoms with van der Waals surface area (Å²) in [5.41, 5.74) is 0.274. The van der Waals surface area contributed by atoms with E-state index in [1.807, 2.05) is 0 Å². The molecular formula is C13H10ClF2NO3S. The fraction of sp³-hybridized carbons (Fsp3) is 0.154. The third kappa shape index (κ3) is 4.12. The number of rotatable bonds is 4. The molecule has 2 aromatic rings. The van der Waals surface area contributed by atoms with E-state index in [2.05, 4.69) is 4.98 Å². The molecule has 0 aliphatic rings. The third-order valence-corrected chi connectivity index (χ3v) is 3.90. The molecule has 0 atom stereocenters. The van der Waals surface area contributed by atoms with E-state index < -0.39 is 21.5 Å². The summed E-state index contributed by atoms with van der Waals surface area (Å²) in [6.45, 7) is -0.175. The molecular weight excluding hydrogens is 324 g/mol. The lowest BCUT2D eigenvalue weighted by Crippen LogP contribution is -2.02. The molecule has 2 rings (SSSR count). The first kappa shape index (κ1) is 15.7. The van der Waals surface area contributed by atoms with Crippen LogP contribution in [0.25, 0.3) is 0 Å². The highest BCUT2D eigenvalue weighted by molar-refractivity contribution is 7.90. The molecule has 0 N–H and O–H groups in total. The van der Waals surface area contributed by atoms with E-state index in [1.54, 1.807) is 0 Å². The standard InChI is InChI=1S/C13H10ClF2NO3S/c1-21(18,19)11-3-8(2-9(15)4-11)7-20-12-5-10(16)6-17-13(12)14/h2-6H,7H2,1H3. The minimum Gasteiger partial charge on any atom is -0.486 e. The third-order valence-electron chi connectivity index (χ3n) is 2.53. The Morgan fingerprint density at radius 2 is 1.90 bits per heavy atom. The first-order valence-electron chi connectivity index (χ1n) is 5.69. The summed E-state index contributed by atoms with van der Waals surface area (Å²) in [6, 6.07) is 4.34. The van der Waals surface area contributed by atoms with Crippen LogP contribution in [0.5, 0.6) is 5.75 Å². The van der Waals surface area contributed by atoms with E-state index in [9.17, 15) is 17.2 Å². The van der Waals surface area contributed by atoms with Gasteiger partial charge in [-0.05, 0) is 23.8 Å². The summed E-state index contributed by atoms with van der Waals surface area (Å²) in [5.74, 6) is -1.35. The monoisotopic (exact) mass is 333 g/mol. The van der Waals surface area contributed by atoms with E-state index in [4.69, 9.17) is 16.3 Å². The number of hydrogen-bond acceptors (Lipinski definition) is 4. The van der Waals surface area contributed by atoms with Crippen LogP contribution in [0, 0.1) is 11.6 Å². The SMILES string of the molecule is CS(=O)(=O)c1cc(F)cc(COc2cc(F)cnc2Cl)c1. The van der Waals surface area contributed by atoms with Crippen LogP contribution in [0.2, 0.25) is 5.15 Å². The molecule has 8 heteroatoms. The van der Waals surface area contributed by atoms with Crippen molar-refractivity contribution in [1.82, 2.24) is 4.98 Å².